The van der Waals surface area contributed by atoms with Gasteiger partial charge in [-0.25, -0.2) is 8.78 Å². The Balaban J connectivity index is 1.93. The van der Waals surface area contributed by atoms with Gasteiger partial charge < -0.3 is 15.4 Å². The van der Waals surface area contributed by atoms with Crippen molar-refractivity contribution in [3.8, 4) is 0 Å². The number of piperidine rings is 1. The highest BCUT2D eigenvalue weighted by atomic mass is 32.2. The van der Waals surface area contributed by atoms with Crippen LogP contribution in [-0.2, 0) is 9.53 Å². The third-order valence-electron chi connectivity index (χ3n) is 2.55. The van der Waals surface area contributed by atoms with Gasteiger partial charge in [0.15, 0.2) is 0 Å². The summed E-state index contributed by atoms with van der Waals surface area (Å²) in [4.78, 5) is 11.4. The molecule has 1 aliphatic rings. The number of rotatable bonds is 8. The zero-order chi connectivity index (χ0) is 13.2. The highest BCUT2D eigenvalue weighted by Crippen LogP contribution is 2.19. The van der Waals surface area contributed by atoms with Gasteiger partial charge in [0.1, 0.15) is 6.61 Å². The SMILES string of the molecule is O=C(CSC1CCNCC1)NCCOCC(F)F. The fourth-order valence-electron chi connectivity index (χ4n) is 1.64. The third kappa shape index (κ3) is 7.84. The molecule has 106 valence electrons. The van der Waals surface area contributed by atoms with Crippen LogP contribution in [0.4, 0.5) is 8.78 Å². The first-order valence-electron chi connectivity index (χ1n) is 6.13. The fourth-order valence-corrected chi connectivity index (χ4v) is 2.70. The molecule has 1 amide bonds. The van der Waals surface area contributed by atoms with Crippen molar-refractivity contribution < 1.29 is 18.3 Å². The molecule has 1 saturated heterocycles. The van der Waals surface area contributed by atoms with Crippen LogP contribution in [0.25, 0.3) is 0 Å². The minimum atomic E-state index is -2.45. The van der Waals surface area contributed by atoms with E-state index in [2.05, 4.69) is 15.4 Å². The second-order valence-corrected chi connectivity index (χ2v) is 5.36. The van der Waals surface area contributed by atoms with E-state index < -0.39 is 13.0 Å². The van der Waals surface area contributed by atoms with Crippen LogP contribution in [0.15, 0.2) is 0 Å². The molecule has 0 atom stereocenters. The highest BCUT2D eigenvalue weighted by molar-refractivity contribution is 8.00. The quantitative estimate of drug-likeness (QED) is 0.649. The molecule has 18 heavy (non-hydrogen) atoms. The lowest BCUT2D eigenvalue weighted by Crippen LogP contribution is -2.32. The lowest BCUT2D eigenvalue weighted by atomic mass is 10.2. The van der Waals surface area contributed by atoms with E-state index in [4.69, 9.17) is 0 Å². The molecular weight excluding hydrogens is 262 g/mol. The molecule has 0 bridgehead atoms. The first kappa shape index (κ1) is 15.7. The van der Waals surface area contributed by atoms with Gasteiger partial charge in [0.25, 0.3) is 6.43 Å². The molecule has 0 aromatic rings. The summed E-state index contributed by atoms with van der Waals surface area (Å²) in [6.45, 7) is 1.88. The van der Waals surface area contributed by atoms with Gasteiger partial charge in [0.2, 0.25) is 5.91 Å². The van der Waals surface area contributed by atoms with Gasteiger partial charge in [0.05, 0.1) is 12.4 Å². The smallest absolute Gasteiger partial charge is 0.261 e. The molecule has 0 saturated carbocycles. The number of nitrogens with one attached hydrogen (secondary N) is 2. The maximum Gasteiger partial charge on any atom is 0.261 e. The Bertz CT molecular complexity index is 239. The number of hydrogen-bond donors (Lipinski definition) is 2. The average Bonchev–Trinajstić information content (AvgIpc) is 2.37. The van der Waals surface area contributed by atoms with Crippen molar-refractivity contribution in [2.75, 3.05) is 38.6 Å². The molecule has 0 aromatic carbocycles. The summed E-state index contributed by atoms with van der Waals surface area (Å²) >= 11 is 1.66. The predicted octanol–water partition coefficient (Wildman–Crippen LogP) is 0.869. The molecular formula is C11H20F2N2O2S. The van der Waals surface area contributed by atoms with E-state index in [1.54, 1.807) is 11.8 Å². The second-order valence-electron chi connectivity index (χ2n) is 4.08. The topological polar surface area (TPSA) is 50.4 Å². The van der Waals surface area contributed by atoms with E-state index in [9.17, 15) is 13.6 Å². The highest BCUT2D eigenvalue weighted by Gasteiger charge is 2.14. The van der Waals surface area contributed by atoms with E-state index >= 15 is 0 Å². The van der Waals surface area contributed by atoms with Crippen molar-refractivity contribution in [3.63, 3.8) is 0 Å². The van der Waals surface area contributed by atoms with Crippen LogP contribution in [0.2, 0.25) is 0 Å². The molecule has 0 radical (unpaired) electrons. The zero-order valence-electron chi connectivity index (χ0n) is 10.3. The second kappa shape index (κ2) is 9.52. The number of carbonyl (C=O) groups excluding carboxylic acids is 1. The summed E-state index contributed by atoms with van der Waals surface area (Å²) in [6, 6.07) is 0. The Morgan fingerprint density at radius 2 is 2.17 bits per heavy atom. The summed E-state index contributed by atoms with van der Waals surface area (Å²) in [7, 11) is 0. The number of halogens is 2. The molecule has 4 nitrogen and oxygen atoms in total. The standard InChI is InChI=1S/C11H20F2N2O2S/c12-10(13)7-17-6-5-15-11(16)8-18-9-1-3-14-4-2-9/h9-10,14H,1-8H2,(H,15,16). The third-order valence-corrected chi connectivity index (χ3v) is 3.92. The van der Waals surface area contributed by atoms with Crippen LogP contribution in [-0.4, -0.2) is 56.2 Å². The molecule has 0 aromatic heterocycles. The lowest BCUT2D eigenvalue weighted by Gasteiger charge is -2.21. The Hall–Kier alpha value is -0.400. The minimum Gasteiger partial charge on any atom is -0.374 e. The van der Waals surface area contributed by atoms with Gasteiger partial charge in [-0.15, -0.1) is 11.8 Å². The first-order valence-corrected chi connectivity index (χ1v) is 7.18. The molecule has 1 rings (SSSR count). The van der Waals surface area contributed by atoms with Gasteiger partial charge in [-0.05, 0) is 25.9 Å². The molecule has 2 N–H and O–H groups in total. The fraction of sp³-hybridized carbons (Fsp3) is 0.909. The Kier molecular flexibility index (Phi) is 8.28. The minimum absolute atomic E-state index is 0.0563. The number of alkyl halides is 2. The Morgan fingerprint density at radius 3 is 2.83 bits per heavy atom. The van der Waals surface area contributed by atoms with Crippen molar-refractivity contribution >= 4 is 17.7 Å². The number of hydrogen-bond acceptors (Lipinski definition) is 4. The molecule has 1 fully saturated rings. The van der Waals surface area contributed by atoms with Crippen LogP contribution in [0.3, 0.4) is 0 Å². The van der Waals surface area contributed by atoms with E-state index in [-0.39, 0.29) is 12.5 Å². The first-order chi connectivity index (χ1) is 8.68. The normalized spacial score (nSPS) is 17.1. The van der Waals surface area contributed by atoms with Crippen LogP contribution in [0.5, 0.6) is 0 Å². The van der Waals surface area contributed by atoms with Gasteiger partial charge >= 0.3 is 0 Å². The number of thioether (sulfide) groups is 1. The van der Waals surface area contributed by atoms with Crippen molar-refractivity contribution in [3.05, 3.63) is 0 Å². The summed E-state index contributed by atoms with van der Waals surface area (Å²) in [6.07, 6.45) is -0.263. The van der Waals surface area contributed by atoms with Gasteiger partial charge in [-0.1, -0.05) is 0 Å². The number of carbonyl (C=O) groups is 1. The maximum absolute atomic E-state index is 11.7. The zero-order valence-corrected chi connectivity index (χ0v) is 11.1. The van der Waals surface area contributed by atoms with E-state index in [0.717, 1.165) is 25.9 Å². The summed E-state index contributed by atoms with van der Waals surface area (Å²) in [5.74, 6) is 0.374. The number of ether oxygens (including phenoxy) is 1. The average molecular weight is 282 g/mol. The molecule has 1 heterocycles. The molecule has 0 aliphatic carbocycles. The van der Waals surface area contributed by atoms with Crippen LogP contribution >= 0.6 is 11.8 Å². The Morgan fingerprint density at radius 1 is 1.44 bits per heavy atom. The van der Waals surface area contributed by atoms with Crippen molar-refractivity contribution in [2.45, 2.75) is 24.5 Å². The van der Waals surface area contributed by atoms with E-state index in [1.807, 2.05) is 0 Å². The van der Waals surface area contributed by atoms with Crippen molar-refractivity contribution in [1.82, 2.24) is 10.6 Å². The summed E-state index contributed by atoms with van der Waals surface area (Å²) in [5, 5.41) is 6.47. The van der Waals surface area contributed by atoms with Crippen molar-refractivity contribution in [2.24, 2.45) is 0 Å². The maximum atomic E-state index is 11.7. The number of amides is 1. The van der Waals surface area contributed by atoms with E-state index in [0.29, 0.717) is 17.5 Å². The van der Waals surface area contributed by atoms with E-state index in [1.165, 1.54) is 0 Å². The summed E-state index contributed by atoms with van der Waals surface area (Å²) < 4.78 is 28.1. The monoisotopic (exact) mass is 282 g/mol. The van der Waals surface area contributed by atoms with Crippen LogP contribution < -0.4 is 10.6 Å². The molecule has 0 spiro atoms. The van der Waals surface area contributed by atoms with Gasteiger partial charge in [0, 0.05) is 11.8 Å². The lowest BCUT2D eigenvalue weighted by molar-refractivity contribution is -0.118. The largest absolute Gasteiger partial charge is 0.374 e. The van der Waals surface area contributed by atoms with Crippen LogP contribution in [0, 0.1) is 0 Å². The molecule has 1 aliphatic heterocycles. The Labute approximate surface area is 110 Å². The van der Waals surface area contributed by atoms with Crippen molar-refractivity contribution in [1.29, 1.82) is 0 Å². The van der Waals surface area contributed by atoms with Gasteiger partial charge in [-0.3, -0.25) is 4.79 Å². The summed E-state index contributed by atoms with van der Waals surface area (Å²) in [5.41, 5.74) is 0. The molecule has 7 heteroatoms. The van der Waals surface area contributed by atoms with Gasteiger partial charge in [-0.2, -0.15) is 0 Å². The predicted molar refractivity (Wildman–Crippen MR) is 68.2 cm³/mol. The molecule has 0 unspecified atom stereocenters. The van der Waals surface area contributed by atoms with Crippen LogP contribution in [0.1, 0.15) is 12.8 Å².